The lowest BCUT2D eigenvalue weighted by atomic mass is 10.1. The quantitative estimate of drug-likeness (QED) is 0.797. The van der Waals surface area contributed by atoms with Gasteiger partial charge in [0.05, 0.1) is 16.5 Å². The second kappa shape index (κ2) is 5.21. The van der Waals surface area contributed by atoms with Crippen LogP contribution >= 0.6 is 11.6 Å². The minimum absolute atomic E-state index is 0.0834. The molecule has 0 spiro atoms. The normalized spacial score (nSPS) is 18.0. The van der Waals surface area contributed by atoms with E-state index in [-0.39, 0.29) is 22.9 Å². The number of hydrogen-bond donors (Lipinski definition) is 1. The van der Waals surface area contributed by atoms with Crippen molar-refractivity contribution in [2.45, 2.75) is 23.1 Å². The van der Waals surface area contributed by atoms with Gasteiger partial charge >= 0.3 is 5.97 Å². The Labute approximate surface area is 126 Å². The first-order valence-corrected chi connectivity index (χ1v) is 8.96. The number of nitrogens with two attached hydrogens (primary N) is 1. The molecule has 0 aromatic heterocycles. The maximum atomic E-state index is 12.3. The number of primary sulfonamides is 1. The van der Waals surface area contributed by atoms with Crippen LogP contribution in [0.2, 0.25) is 5.02 Å². The van der Waals surface area contributed by atoms with Gasteiger partial charge in [0.25, 0.3) is 10.0 Å². The van der Waals surface area contributed by atoms with E-state index in [1.54, 1.807) is 0 Å². The topological polar surface area (TPSA) is 124 Å². The van der Waals surface area contributed by atoms with Crippen LogP contribution in [0.15, 0.2) is 21.9 Å². The molecule has 0 aliphatic carbocycles. The van der Waals surface area contributed by atoms with Crippen molar-refractivity contribution in [3.8, 4) is 0 Å². The van der Waals surface area contributed by atoms with Gasteiger partial charge in [-0.25, -0.2) is 22.0 Å². The SMILES string of the molecule is CC(=O)ON1CCc2cc(Cl)c(S(N)(=O)=O)cc2S1(=O)=O. The molecule has 0 saturated carbocycles. The van der Waals surface area contributed by atoms with Crippen molar-refractivity contribution in [1.82, 2.24) is 4.47 Å². The molecule has 1 aromatic rings. The number of nitrogens with zero attached hydrogens (tertiary/aromatic N) is 1. The Balaban J connectivity index is 2.64. The van der Waals surface area contributed by atoms with Gasteiger partial charge in [0.15, 0.2) is 0 Å². The van der Waals surface area contributed by atoms with Gasteiger partial charge < -0.3 is 4.84 Å². The van der Waals surface area contributed by atoms with Gasteiger partial charge in [-0.1, -0.05) is 11.6 Å². The number of carbonyl (C=O) groups is 1. The number of fused-ring (bicyclic) bond motifs is 1. The number of sulfonamides is 2. The van der Waals surface area contributed by atoms with Gasteiger partial charge in [0, 0.05) is 6.92 Å². The number of carbonyl (C=O) groups excluding carboxylic acids is 1. The first kappa shape index (κ1) is 16.2. The van der Waals surface area contributed by atoms with Crippen molar-refractivity contribution >= 4 is 37.6 Å². The minimum atomic E-state index is -4.18. The standard InChI is InChI=1S/C10H11ClN2O6S2/c1-6(14)19-13-3-2-7-4-8(11)10(20(12,15)16)5-9(7)21(13,17)18/h4-5H,2-3H2,1H3,(H2,12,15,16). The second-order valence-electron chi connectivity index (χ2n) is 4.30. The van der Waals surface area contributed by atoms with E-state index in [0.29, 0.717) is 10.0 Å². The number of rotatable bonds is 2. The van der Waals surface area contributed by atoms with Gasteiger partial charge in [-0.05, 0) is 28.6 Å². The van der Waals surface area contributed by atoms with Crippen molar-refractivity contribution in [3.05, 3.63) is 22.7 Å². The summed E-state index contributed by atoms with van der Waals surface area (Å²) in [6, 6.07) is 2.11. The van der Waals surface area contributed by atoms with E-state index in [1.807, 2.05) is 0 Å². The first-order valence-electron chi connectivity index (χ1n) is 5.60. The van der Waals surface area contributed by atoms with Crippen molar-refractivity contribution < 1.29 is 26.5 Å². The molecule has 0 atom stereocenters. The Morgan fingerprint density at radius 3 is 2.57 bits per heavy atom. The summed E-state index contributed by atoms with van der Waals surface area (Å²) >= 11 is 5.81. The maximum absolute atomic E-state index is 12.3. The number of halogens is 1. The van der Waals surface area contributed by atoms with Gasteiger partial charge in [-0.15, -0.1) is 0 Å². The largest absolute Gasteiger partial charge is 0.353 e. The molecule has 0 unspecified atom stereocenters. The molecule has 1 aromatic carbocycles. The van der Waals surface area contributed by atoms with Crippen LogP contribution in [-0.2, 0) is 36.1 Å². The highest BCUT2D eigenvalue weighted by Gasteiger charge is 2.35. The van der Waals surface area contributed by atoms with E-state index in [1.165, 1.54) is 6.07 Å². The van der Waals surface area contributed by atoms with Crippen LogP contribution in [0.25, 0.3) is 0 Å². The van der Waals surface area contributed by atoms with Crippen LogP contribution in [-0.4, -0.2) is 33.8 Å². The molecule has 8 nitrogen and oxygen atoms in total. The molecule has 0 fully saturated rings. The molecule has 11 heteroatoms. The van der Waals surface area contributed by atoms with Crippen LogP contribution in [0.3, 0.4) is 0 Å². The third kappa shape index (κ3) is 3.04. The molecule has 1 heterocycles. The van der Waals surface area contributed by atoms with Crippen LogP contribution in [0.5, 0.6) is 0 Å². The fourth-order valence-electron chi connectivity index (χ4n) is 1.91. The molecule has 1 aliphatic heterocycles. The number of benzene rings is 1. The fraction of sp³-hybridized carbons (Fsp3) is 0.300. The monoisotopic (exact) mass is 354 g/mol. The predicted molar refractivity (Wildman–Crippen MR) is 72.2 cm³/mol. The molecular formula is C10H11ClN2O6S2. The highest BCUT2D eigenvalue weighted by molar-refractivity contribution is 7.90. The summed E-state index contributed by atoms with van der Waals surface area (Å²) in [6.45, 7) is 0.975. The van der Waals surface area contributed by atoms with Crippen LogP contribution in [0.1, 0.15) is 12.5 Å². The Morgan fingerprint density at radius 2 is 2.05 bits per heavy atom. The number of hydroxylamine groups is 1. The maximum Gasteiger partial charge on any atom is 0.323 e. The van der Waals surface area contributed by atoms with Crippen molar-refractivity contribution in [3.63, 3.8) is 0 Å². The molecule has 2 N–H and O–H groups in total. The summed E-state index contributed by atoms with van der Waals surface area (Å²) < 4.78 is 47.9. The van der Waals surface area contributed by atoms with E-state index < -0.39 is 30.9 Å². The molecule has 0 saturated heterocycles. The smallest absolute Gasteiger partial charge is 0.323 e. The second-order valence-corrected chi connectivity index (χ2v) is 8.03. The molecule has 1 aliphatic rings. The van der Waals surface area contributed by atoms with E-state index in [0.717, 1.165) is 13.0 Å². The van der Waals surface area contributed by atoms with Crippen LogP contribution < -0.4 is 5.14 Å². The molecule has 21 heavy (non-hydrogen) atoms. The molecule has 116 valence electrons. The van der Waals surface area contributed by atoms with Gasteiger partial charge in [0.1, 0.15) is 4.90 Å². The Bertz CT molecular complexity index is 818. The highest BCUT2D eigenvalue weighted by Crippen LogP contribution is 2.32. The summed E-state index contributed by atoms with van der Waals surface area (Å²) in [5.41, 5.74) is 0.329. The van der Waals surface area contributed by atoms with Crippen molar-refractivity contribution in [2.75, 3.05) is 6.54 Å². The summed E-state index contributed by atoms with van der Waals surface area (Å²) in [4.78, 5) is 14.7. The van der Waals surface area contributed by atoms with Crippen LogP contribution in [0.4, 0.5) is 0 Å². The van der Waals surface area contributed by atoms with Gasteiger partial charge in [-0.2, -0.15) is 0 Å². The van der Waals surface area contributed by atoms with Crippen molar-refractivity contribution in [2.24, 2.45) is 5.14 Å². The zero-order valence-electron chi connectivity index (χ0n) is 10.7. The molecule has 2 rings (SSSR count). The van der Waals surface area contributed by atoms with E-state index >= 15 is 0 Å². The Kier molecular flexibility index (Phi) is 4.02. The van der Waals surface area contributed by atoms with Crippen LogP contribution in [0, 0.1) is 0 Å². The average Bonchev–Trinajstić information content (AvgIpc) is 2.30. The summed E-state index contributed by atoms with van der Waals surface area (Å²) in [5, 5.41) is 4.83. The summed E-state index contributed by atoms with van der Waals surface area (Å²) in [7, 11) is -8.35. The van der Waals surface area contributed by atoms with E-state index in [4.69, 9.17) is 16.7 Å². The predicted octanol–water partition coefficient (Wildman–Crippen LogP) is 0.0123. The van der Waals surface area contributed by atoms with Gasteiger partial charge in [-0.3, -0.25) is 4.79 Å². The van der Waals surface area contributed by atoms with E-state index in [9.17, 15) is 21.6 Å². The lowest BCUT2D eigenvalue weighted by Gasteiger charge is -2.26. The average molecular weight is 355 g/mol. The summed E-state index contributed by atoms with van der Waals surface area (Å²) in [6.07, 6.45) is 0.215. The molecule has 0 amide bonds. The third-order valence-corrected chi connectivity index (χ3v) is 5.87. The lowest BCUT2D eigenvalue weighted by molar-refractivity contribution is -0.166. The van der Waals surface area contributed by atoms with Crippen molar-refractivity contribution in [1.29, 1.82) is 0 Å². The number of hydrogen-bond acceptors (Lipinski definition) is 6. The first-order chi connectivity index (χ1) is 9.53. The third-order valence-electron chi connectivity index (χ3n) is 2.76. The Morgan fingerprint density at radius 1 is 1.43 bits per heavy atom. The fourth-order valence-corrected chi connectivity index (χ4v) is 4.62. The van der Waals surface area contributed by atoms with Gasteiger partial charge in [0.2, 0.25) is 10.0 Å². The van der Waals surface area contributed by atoms with E-state index in [2.05, 4.69) is 4.84 Å². The molecular weight excluding hydrogens is 344 g/mol. The Hall–Kier alpha value is -1.20. The minimum Gasteiger partial charge on any atom is -0.353 e. The molecule has 0 radical (unpaired) electrons. The lowest BCUT2D eigenvalue weighted by Crippen LogP contribution is -2.38. The highest BCUT2D eigenvalue weighted by atomic mass is 35.5. The molecule has 0 bridgehead atoms. The summed E-state index contributed by atoms with van der Waals surface area (Å²) in [5.74, 6) is -0.803. The zero-order valence-corrected chi connectivity index (χ0v) is 13.1. The zero-order chi connectivity index (χ0) is 16.0.